The van der Waals surface area contributed by atoms with Crippen LogP contribution in [0.3, 0.4) is 0 Å². The lowest BCUT2D eigenvalue weighted by Gasteiger charge is -2.27. The van der Waals surface area contributed by atoms with Crippen LogP contribution in [0.5, 0.6) is 23.0 Å². The lowest BCUT2D eigenvalue weighted by Crippen LogP contribution is -2.21. The fourth-order valence-electron chi connectivity index (χ4n) is 3.78. The molecule has 0 bridgehead atoms. The number of para-hydroxylation sites is 1. The minimum absolute atomic E-state index is 0.0103. The predicted molar refractivity (Wildman–Crippen MR) is 128 cm³/mol. The molecule has 0 radical (unpaired) electrons. The smallest absolute Gasteiger partial charge is 0.353 e. The molecule has 1 atom stereocenters. The zero-order valence-electron chi connectivity index (χ0n) is 17.8. The Labute approximate surface area is 200 Å². The van der Waals surface area contributed by atoms with Crippen molar-refractivity contribution in [2.24, 2.45) is 5.73 Å². The van der Waals surface area contributed by atoms with E-state index in [-0.39, 0.29) is 5.88 Å². The summed E-state index contributed by atoms with van der Waals surface area (Å²) in [4.78, 5) is 12.8. The second kappa shape index (κ2) is 9.14. The number of nitrogens with two attached hydrogens (primary N) is 1. The standard InChI is InChI=1S/C27H18N2O4S/c28-16-22-25(17-6-4-9-19(14-17)31-18-7-2-1-3-8-18)21-12-11-20(15-23(21)33-26(22)29)32-27(30)24-10-5-13-34-24/h1-15,25H,29H2. The molecule has 5 rings (SSSR count). The molecule has 0 saturated carbocycles. The summed E-state index contributed by atoms with van der Waals surface area (Å²) < 4.78 is 17.2. The molecule has 166 valence electrons. The number of thiophene rings is 1. The summed E-state index contributed by atoms with van der Waals surface area (Å²) in [5.74, 6) is 1.19. The van der Waals surface area contributed by atoms with Gasteiger partial charge in [-0.1, -0.05) is 42.5 Å². The van der Waals surface area contributed by atoms with E-state index in [1.54, 1.807) is 30.3 Å². The summed E-state index contributed by atoms with van der Waals surface area (Å²) in [5.41, 5.74) is 7.97. The Balaban J connectivity index is 1.49. The van der Waals surface area contributed by atoms with Gasteiger partial charge >= 0.3 is 5.97 Å². The van der Waals surface area contributed by atoms with Gasteiger partial charge in [-0.25, -0.2) is 4.79 Å². The first-order chi connectivity index (χ1) is 16.6. The number of rotatable bonds is 5. The third-order valence-corrected chi connectivity index (χ3v) is 6.14. The van der Waals surface area contributed by atoms with E-state index in [9.17, 15) is 10.1 Å². The molecule has 1 aliphatic rings. The van der Waals surface area contributed by atoms with Crippen LogP contribution in [0, 0.1) is 11.3 Å². The number of ether oxygens (including phenoxy) is 3. The first-order valence-electron chi connectivity index (χ1n) is 10.4. The second-order valence-corrected chi connectivity index (χ2v) is 8.43. The van der Waals surface area contributed by atoms with Crippen molar-refractivity contribution >= 4 is 17.3 Å². The largest absolute Gasteiger partial charge is 0.457 e. The molecule has 0 amide bonds. The van der Waals surface area contributed by atoms with Gasteiger partial charge in [-0.3, -0.25) is 0 Å². The number of hydrogen-bond acceptors (Lipinski definition) is 7. The summed E-state index contributed by atoms with van der Waals surface area (Å²) in [6.07, 6.45) is 0. The Morgan fingerprint density at radius 2 is 1.76 bits per heavy atom. The SMILES string of the molecule is N#CC1=C(N)Oc2cc(OC(=O)c3cccs3)ccc2C1c1cccc(Oc2ccccc2)c1. The molecule has 7 heteroatoms. The molecule has 0 spiro atoms. The molecule has 0 saturated heterocycles. The lowest BCUT2D eigenvalue weighted by atomic mass is 9.83. The van der Waals surface area contributed by atoms with Crippen molar-refractivity contribution in [3.8, 4) is 29.1 Å². The maximum atomic E-state index is 12.3. The van der Waals surface area contributed by atoms with Gasteiger partial charge in [-0.05, 0) is 47.3 Å². The molecule has 34 heavy (non-hydrogen) atoms. The molecule has 6 nitrogen and oxygen atoms in total. The van der Waals surface area contributed by atoms with Crippen LogP contribution in [0.2, 0.25) is 0 Å². The summed E-state index contributed by atoms with van der Waals surface area (Å²) in [7, 11) is 0. The average molecular weight is 467 g/mol. The van der Waals surface area contributed by atoms with Gasteiger partial charge in [-0.15, -0.1) is 11.3 Å². The first kappa shape index (κ1) is 21.3. The number of allylic oxidation sites excluding steroid dienone is 1. The van der Waals surface area contributed by atoms with Crippen LogP contribution >= 0.6 is 11.3 Å². The average Bonchev–Trinajstić information content (AvgIpc) is 3.39. The van der Waals surface area contributed by atoms with Gasteiger partial charge in [0.05, 0.1) is 5.92 Å². The minimum atomic E-state index is -0.463. The number of carbonyl (C=O) groups excluding carboxylic acids is 1. The summed E-state index contributed by atoms with van der Waals surface area (Å²) in [5, 5.41) is 11.6. The van der Waals surface area contributed by atoms with E-state index in [2.05, 4.69) is 6.07 Å². The van der Waals surface area contributed by atoms with Crippen LogP contribution in [0.25, 0.3) is 0 Å². The Kier molecular flexibility index (Phi) is 5.73. The van der Waals surface area contributed by atoms with Gasteiger partial charge in [-0.2, -0.15) is 5.26 Å². The van der Waals surface area contributed by atoms with Crippen LogP contribution in [0.4, 0.5) is 0 Å². The number of nitriles is 1. The van der Waals surface area contributed by atoms with E-state index in [1.807, 2.05) is 60.0 Å². The fraction of sp³-hybridized carbons (Fsp3) is 0.0370. The Hall–Kier alpha value is -4.54. The Morgan fingerprint density at radius 1 is 0.941 bits per heavy atom. The van der Waals surface area contributed by atoms with Crippen LogP contribution in [0.15, 0.2) is 102 Å². The van der Waals surface area contributed by atoms with Crippen molar-refractivity contribution < 1.29 is 19.0 Å². The molecule has 1 aliphatic heterocycles. The van der Waals surface area contributed by atoms with Crippen LogP contribution in [-0.4, -0.2) is 5.97 Å². The van der Waals surface area contributed by atoms with E-state index in [0.29, 0.717) is 33.4 Å². The van der Waals surface area contributed by atoms with Crippen LogP contribution in [-0.2, 0) is 0 Å². The molecular weight excluding hydrogens is 448 g/mol. The van der Waals surface area contributed by atoms with Crippen molar-refractivity contribution in [2.45, 2.75) is 5.92 Å². The van der Waals surface area contributed by atoms with Crippen LogP contribution < -0.4 is 19.9 Å². The normalized spacial score (nSPS) is 14.5. The Morgan fingerprint density at radius 3 is 2.53 bits per heavy atom. The van der Waals surface area contributed by atoms with Crippen molar-refractivity contribution in [3.63, 3.8) is 0 Å². The fourth-order valence-corrected chi connectivity index (χ4v) is 4.38. The molecule has 2 N–H and O–H groups in total. The highest BCUT2D eigenvalue weighted by molar-refractivity contribution is 7.12. The molecule has 3 aromatic carbocycles. The second-order valence-electron chi connectivity index (χ2n) is 7.48. The Bertz CT molecular complexity index is 1420. The molecule has 1 aromatic heterocycles. The molecule has 1 unspecified atom stereocenters. The molecule has 0 fully saturated rings. The summed E-state index contributed by atoms with van der Waals surface area (Å²) in [6.45, 7) is 0. The molecule has 2 heterocycles. The number of esters is 1. The highest BCUT2D eigenvalue weighted by Gasteiger charge is 2.31. The van der Waals surface area contributed by atoms with E-state index >= 15 is 0 Å². The van der Waals surface area contributed by atoms with Crippen LogP contribution in [0.1, 0.15) is 26.7 Å². The third kappa shape index (κ3) is 4.22. The van der Waals surface area contributed by atoms with Gasteiger partial charge < -0.3 is 19.9 Å². The number of hydrogen-bond donors (Lipinski definition) is 1. The highest BCUT2D eigenvalue weighted by Crippen LogP contribution is 2.44. The monoisotopic (exact) mass is 466 g/mol. The summed E-state index contributed by atoms with van der Waals surface area (Å²) >= 11 is 1.30. The number of nitrogens with zero attached hydrogens (tertiary/aromatic N) is 1. The molecule has 0 aliphatic carbocycles. The van der Waals surface area contributed by atoms with Crippen molar-refractivity contribution in [3.05, 3.63) is 118 Å². The zero-order chi connectivity index (χ0) is 23.5. The van der Waals surface area contributed by atoms with Gasteiger partial charge in [0.15, 0.2) is 0 Å². The van der Waals surface area contributed by atoms with E-state index in [1.165, 1.54) is 11.3 Å². The number of benzene rings is 3. The third-order valence-electron chi connectivity index (χ3n) is 5.29. The molecular formula is C27H18N2O4S. The van der Waals surface area contributed by atoms with Crippen molar-refractivity contribution in [1.82, 2.24) is 0 Å². The zero-order valence-corrected chi connectivity index (χ0v) is 18.6. The maximum absolute atomic E-state index is 12.3. The topological polar surface area (TPSA) is 94.6 Å². The number of carbonyl (C=O) groups is 1. The van der Waals surface area contributed by atoms with Crippen molar-refractivity contribution in [1.29, 1.82) is 5.26 Å². The predicted octanol–water partition coefficient (Wildman–Crippen LogP) is 5.98. The first-order valence-corrected chi connectivity index (χ1v) is 11.3. The van der Waals surface area contributed by atoms with E-state index in [0.717, 1.165) is 11.1 Å². The van der Waals surface area contributed by atoms with Gasteiger partial charge in [0.25, 0.3) is 0 Å². The number of fused-ring (bicyclic) bond motifs is 1. The van der Waals surface area contributed by atoms with Gasteiger partial charge in [0, 0.05) is 11.6 Å². The highest BCUT2D eigenvalue weighted by atomic mass is 32.1. The summed E-state index contributed by atoms with van der Waals surface area (Å²) in [6, 6.07) is 27.7. The quantitative estimate of drug-likeness (QED) is 0.287. The van der Waals surface area contributed by atoms with E-state index < -0.39 is 11.9 Å². The van der Waals surface area contributed by atoms with Gasteiger partial charge in [0.1, 0.15) is 39.5 Å². The lowest BCUT2D eigenvalue weighted by molar-refractivity contribution is 0.0739. The maximum Gasteiger partial charge on any atom is 0.353 e. The van der Waals surface area contributed by atoms with Crippen molar-refractivity contribution in [2.75, 3.05) is 0 Å². The molecule has 4 aromatic rings. The minimum Gasteiger partial charge on any atom is -0.457 e. The van der Waals surface area contributed by atoms with E-state index in [4.69, 9.17) is 19.9 Å². The van der Waals surface area contributed by atoms with Gasteiger partial charge in [0.2, 0.25) is 5.88 Å².